The van der Waals surface area contributed by atoms with E-state index in [1.807, 2.05) is 0 Å². The topological polar surface area (TPSA) is 37.4 Å². The van der Waals surface area contributed by atoms with Crippen LogP contribution in [0.25, 0.3) is 0 Å². The third-order valence-electron chi connectivity index (χ3n) is 3.37. The van der Waals surface area contributed by atoms with Crippen LogP contribution >= 0.6 is 0 Å². The van der Waals surface area contributed by atoms with Crippen LogP contribution < -0.4 is 0 Å². The van der Waals surface area contributed by atoms with Gasteiger partial charge in [-0.15, -0.1) is 13.2 Å². The molecule has 1 saturated heterocycles. The summed E-state index contributed by atoms with van der Waals surface area (Å²) in [4.78, 5) is 25.2. The van der Waals surface area contributed by atoms with Crippen molar-refractivity contribution < 1.29 is 9.59 Å². The highest BCUT2D eigenvalue weighted by atomic mass is 16.2. The summed E-state index contributed by atoms with van der Waals surface area (Å²) in [5, 5.41) is 0. The summed E-state index contributed by atoms with van der Waals surface area (Å²) in [5.41, 5.74) is -0.491. The Labute approximate surface area is 96.8 Å². The van der Waals surface area contributed by atoms with Crippen LogP contribution in [0.2, 0.25) is 0 Å². The predicted molar refractivity (Wildman–Crippen MR) is 63.9 cm³/mol. The highest BCUT2D eigenvalue weighted by Crippen LogP contribution is 2.42. The van der Waals surface area contributed by atoms with E-state index in [2.05, 4.69) is 13.2 Å². The van der Waals surface area contributed by atoms with Crippen LogP contribution in [0.1, 0.15) is 26.2 Å². The number of amides is 1. The van der Waals surface area contributed by atoms with Gasteiger partial charge in [-0.1, -0.05) is 12.2 Å². The number of ketones is 1. The molecule has 1 rings (SSSR count). The molecule has 1 atom stereocenters. The fraction of sp³-hybridized carbons (Fsp3) is 0.538. The molecule has 88 valence electrons. The molecule has 0 aromatic rings. The summed E-state index contributed by atoms with van der Waals surface area (Å²) in [5.74, 6) is 0.0818. The molecule has 1 heterocycles. The molecule has 1 aliphatic rings. The summed E-state index contributed by atoms with van der Waals surface area (Å²) in [6.07, 6.45) is 5.28. The Bertz CT molecular complexity index is 323. The van der Waals surface area contributed by atoms with E-state index in [1.54, 1.807) is 24.1 Å². The maximum absolute atomic E-state index is 12.2. The number of likely N-dealkylation sites (tertiary alicyclic amines) is 1. The van der Waals surface area contributed by atoms with Gasteiger partial charge in [-0.25, -0.2) is 0 Å². The summed E-state index contributed by atoms with van der Waals surface area (Å²) in [6.45, 7) is 8.92. The van der Waals surface area contributed by atoms with Gasteiger partial charge in [-0.05, 0) is 26.2 Å². The van der Waals surface area contributed by atoms with E-state index in [0.29, 0.717) is 19.3 Å². The van der Waals surface area contributed by atoms with E-state index in [0.717, 1.165) is 0 Å². The predicted octanol–water partition coefficient (Wildman–Crippen LogP) is 1.94. The number of carbonyl (C=O) groups excluding carboxylic acids is 2. The maximum Gasteiger partial charge on any atom is 0.229 e. The first-order chi connectivity index (χ1) is 7.48. The van der Waals surface area contributed by atoms with Crippen molar-refractivity contribution in [2.24, 2.45) is 5.41 Å². The average Bonchev–Trinajstić information content (AvgIpc) is 2.45. The summed E-state index contributed by atoms with van der Waals surface area (Å²) in [6, 6.07) is -0.285. The van der Waals surface area contributed by atoms with Crippen molar-refractivity contribution in [2.45, 2.75) is 32.2 Å². The van der Waals surface area contributed by atoms with Crippen LogP contribution in [-0.2, 0) is 9.59 Å². The zero-order chi connectivity index (χ0) is 12.3. The number of likely N-dealkylation sites (N-methyl/N-ethyl adjacent to an activating group) is 1. The molecular weight excluding hydrogens is 202 g/mol. The Hall–Kier alpha value is -1.38. The average molecular weight is 221 g/mol. The molecule has 0 aromatic carbocycles. The largest absolute Gasteiger partial charge is 0.335 e. The lowest BCUT2D eigenvalue weighted by atomic mass is 9.78. The molecule has 0 N–H and O–H groups in total. The third kappa shape index (κ3) is 1.94. The lowest BCUT2D eigenvalue weighted by Crippen LogP contribution is -2.35. The molecule has 0 saturated carbocycles. The molecular formula is C13H19NO2. The molecule has 0 aromatic heterocycles. The van der Waals surface area contributed by atoms with E-state index in [4.69, 9.17) is 0 Å². The molecule has 0 spiro atoms. The van der Waals surface area contributed by atoms with Crippen LogP contribution in [0.4, 0.5) is 0 Å². The number of rotatable bonds is 5. The Kier molecular flexibility index (Phi) is 3.68. The van der Waals surface area contributed by atoms with Crippen molar-refractivity contribution >= 4 is 11.7 Å². The minimum absolute atomic E-state index is 0.0347. The molecule has 3 heteroatoms. The first-order valence-electron chi connectivity index (χ1n) is 5.48. The van der Waals surface area contributed by atoms with Crippen LogP contribution in [0.5, 0.6) is 0 Å². The Balaban J connectivity index is 3.03. The van der Waals surface area contributed by atoms with Gasteiger partial charge in [0.05, 0.1) is 11.5 Å². The Morgan fingerprint density at radius 3 is 2.31 bits per heavy atom. The minimum atomic E-state index is -0.491. The van der Waals surface area contributed by atoms with Crippen molar-refractivity contribution in [2.75, 3.05) is 7.05 Å². The summed E-state index contributed by atoms with van der Waals surface area (Å²) in [7, 11) is 1.70. The number of hydrogen-bond acceptors (Lipinski definition) is 2. The van der Waals surface area contributed by atoms with Crippen LogP contribution in [0.15, 0.2) is 25.3 Å². The molecule has 0 aliphatic carbocycles. The molecule has 0 radical (unpaired) electrons. The molecule has 3 nitrogen and oxygen atoms in total. The quantitative estimate of drug-likeness (QED) is 0.665. The highest BCUT2D eigenvalue weighted by Gasteiger charge is 2.49. The van der Waals surface area contributed by atoms with Gasteiger partial charge >= 0.3 is 0 Å². The van der Waals surface area contributed by atoms with Gasteiger partial charge in [-0.2, -0.15) is 0 Å². The van der Waals surface area contributed by atoms with E-state index < -0.39 is 5.41 Å². The summed E-state index contributed by atoms with van der Waals surface area (Å²) < 4.78 is 0. The summed E-state index contributed by atoms with van der Waals surface area (Å²) >= 11 is 0. The second-order valence-corrected chi connectivity index (χ2v) is 4.51. The zero-order valence-corrected chi connectivity index (χ0v) is 10.0. The number of Topliss-reactive ketones (excluding diaryl/α,β-unsaturated/α-hetero) is 1. The number of hydrogen-bond donors (Lipinski definition) is 0. The van der Waals surface area contributed by atoms with Gasteiger partial charge < -0.3 is 4.90 Å². The third-order valence-corrected chi connectivity index (χ3v) is 3.37. The standard InChI is InChI=1S/C13H19NO2/c1-5-7-13(8-6-2)9-11(10(3)15)14(4)12(13)16/h5-6,11H,1-2,7-9H2,3-4H3. The van der Waals surface area contributed by atoms with Gasteiger partial charge in [0, 0.05) is 7.05 Å². The monoisotopic (exact) mass is 221 g/mol. The minimum Gasteiger partial charge on any atom is -0.335 e. The van der Waals surface area contributed by atoms with Gasteiger partial charge in [0.2, 0.25) is 5.91 Å². The maximum atomic E-state index is 12.2. The normalized spacial score (nSPS) is 23.2. The van der Waals surface area contributed by atoms with E-state index in [1.165, 1.54) is 6.92 Å². The van der Waals surface area contributed by atoms with Crippen molar-refractivity contribution in [1.29, 1.82) is 0 Å². The SMILES string of the molecule is C=CCC1(CC=C)CC(C(C)=O)N(C)C1=O. The van der Waals surface area contributed by atoms with E-state index in [9.17, 15) is 9.59 Å². The molecule has 1 aliphatic heterocycles. The number of nitrogens with zero attached hydrogens (tertiary/aromatic N) is 1. The molecule has 16 heavy (non-hydrogen) atoms. The van der Waals surface area contributed by atoms with Crippen molar-refractivity contribution in [3.8, 4) is 0 Å². The lowest BCUT2D eigenvalue weighted by Gasteiger charge is -2.23. The molecule has 1 fully saturated rings. The first-order valence-corrected chi connectivity index (χ1v) is 5.48. The van der Waals surface area contributed by atoms with Gasteiger partial charge in [-0.3, -0.25) is 9.59 Å². The molecule has 1 unspecified atom stereocenters. The molecule has 0 bridgehead atoms. The second kappa shape index (κ2) is 4.64. The molecule has 1 amide bonds. The first kappa shape index (κ1) is 12.7. The number of allylic oxidation sites excluding steroid dienone is 2. The van der Waals surface area contributed by atoms with Crippen molar-refractivity contribution in [1.82, 2.24) is 4.90 Å². The fourth-order valence-electron chi connectivity index (χ4n) is 2.50. The fourth-order valence-corrected chi connectivity index (χ4v) is 2.50. The number of carbonyl (C=O) groups is 2. The van der Waals surface area contributed by atoms with Crippen LogP contribution in [0, 0.1) is 5.41 Å². The van der Waals surface area contributed by atoms with E-state index in [-0.39, 0.29) is 17.7 Å². The van der Waals surface area contributed by atoms with Gasteiger partial charge in [0.15, 0.2) is 5.78 Å². The second-order valence-electron chi connectivity index (χ2n) is 4.51. The Morgan fingerprint density at radius 1 is 1.50 bits per heavy atom. The van der Waals surface area contributed by atoms with Crippen molar-refractivity contribution in [3.63, 3.8) is 0 Å². The van der Waals surface area contributed by atoms with Gasteiger partial charge in [0.1, 0.15) is 0 Å². The van der Waals surface area contributed by atoms with E-state index >= 15 is 0 Å². The smallest absolute Gasteiger partial charge is 0.229 e. The lowest BCUT2D eigenvalue weighted by molar-refractivity contribution is -0.137. The highest BCUT2D eigenvalue weighted by molar-refractivity contribution is 5.94. The van der Waals surface area contributed by atoms with Crippen LogP contribution in [0.3, 0.4) is 0 Å². The van der Waals surface area contributed by atoms with Crippen molar-refractivity contribution in [3.05, 3.63) is 25.3 Å². The zero-order valence-electron chi connectivity index (χ0n) is 10.0. The Morgan fingerprint density at radius 2 is 2.00 bits per heavy atom. The van der Waals surface area contributed by atoms with Crippen LogP contribution in [-0.4, -0.2) is 29.7 Å². The van der Waals surface area contributed by atoms with Gasteiger partial charge in [0.25, 0.3) is 0 Å².